The molecule has 1 atom stereocenters. The summed E-state index contributed by atoms with van der Waals surface area (Å²) in [6, 6.07) is 15.8. The second kappa shape index (κ2) is 13.1. The van der Waals surface area contributed by atoms with E-state index < -0.39 is 0 Å². The maximum absolute atomic E-state index is 12.7. The van der Waals surface area contributed by atoms with Gasteiger partial charge in [-0.1, -0.05) is 30.3 Å². The molecule has 1 aliphatic heterocycles. The molecule has 0 fully saturated rings. The molecule has 0 aromatic heterocycles. The first-order valence-corrected chi connectivity index (χ1v) is 10.8. The van der Waals surface area contributed by atoms with Gasteiger partial charge < -0.3 is 25.0 Å². The summed E-state index contributed by atoms with van der Waals surface area (Å²) in [6.07, 6.45) is 0.800. The molecule has 0 aliphatic carbocycles. The highest BCUT2D eigenvalue weighted by atomic mass is 127. The Morgan fingerprint density at radius 2 is 1.88 bits per heavy atom. The van der Waals surface area contributed by atoms with E-state index in [0.717, 1.165) is 24.5 Å². The number of hydrogen-bond donors (Lipinski definition) is 2. The minimum atomic E-state index is -0.0924. The van der Waals surface area contributed by atoms with Crippen LogP contribution in [0.3, 0.4) is 0 Å². The third kappa shape index (κ3) is 7.58. The third-order valence-electron chi connectivity index (χ3n) is 5.14. The summed E-state index contributed by atoms with van der Waals surface area (Å²) in [5.74, 6) is 2.14. The van der Waals surface area contributed by atoms with E-state index in [9.17, 15) is 4.79 Å². The van der Waals surface area contributed by atoms with Crippen LogP contribution in [0.2, 0.25) is 0 Å². The number of rotatable bonds is 8. The molecular weight excluding hydrogens is 519 g/mol. The number of hydrogen-bond acceptors (Lipinski definition) is 4. The smallest absolute Gasteiger partial charge is 0.244 e. The number of nitrogens with one attached hydrogen (secondary N) is 2. The van der Waals surface area contributed by atoms with Crippen LogP contribution in [0.5, 0.6) is 11.5 Å². The molecule has 8 heteroatoms. The van der Waals surface area contributed by atoms with Crippen LogP contribution in [0.25, 0.3) is 0 Å². The third-order valence-corrected chi connectivity index (χ3v) is 5.14. The van der Waals surface area contributed by atoms with E-state index in [1.165, 1.54) is 11.1 Å². The first-order chi connectivity index (χ1) is 15.1. The Morgan fingerprint density at radius 3 is 2.62 bits per heavy atom. The second-order valence-electron chi connectivity index (χ2n) is 7.52. The number of methoxy groups -OCH3 is 1. The van der Waals surface area contributed by atoms with Crippen LogP contribution in [0.15, 0.2) is 53.5 Å². The zero-order valence-electron chi connectivity index (χ0n) is 19.0. The Balaban J connectivity index is 0.00000363. The maximum Gasteiger partial charge on any atom is 0.244 e. The van der Waals surface area contributed by atoms with Gasteiger partial charge >= 0.3 is 0 Å². The van der Waals surface area contributed by atoms with Crippen molar-refractivity contribution in [3.63, 3.8) is 0 Å². The lowest BCUT2D eigenvalue weighted by Crippen LogP contribution is -2.43. The standard InChI is InChI=1S/C24H32N4O3.HI/c1-4-25-24(26-15-18(2)31-22-11-7-10-21(14-22)30-3)27-16-23(29)28-13-12-19-8-5-6-9-20(19)17-28;/h5-11,14,18H,4,12-13,15-17H2,1-3H3,(H2,25,26,27);1H. The molecule has 1 aliphatic rings. The number of halogens is 1. The Morgan fingerprint density at radius 1 is 1.12 bits per heavy atom. The molecule has 2 aromatic rings. The highest BCUT2D eigenvalue weighted by Gasteiger charge is 2.20. The normalized spacial score (nSPS) is 14.0. The highest BCUT2D eigenvalue weighted by Crippen LogP contribution is 2.20. The predicted molar refractivity (Wildman–Crippen MR) is 138 cm³/mol. The van der Waals surface area contributed by atoms with Gasteiger partial charge in [0, 0.05) is 25.7 Å². The lowest BCUT2D eigenvalue weighted by molar-refractivity contribution is -0.130. The van der Waals surface area contributed by atoms with Crippen molar-refractivity contribution < 1.29 is 14.3 Å². The van der Waals surface area contributed by atoms with Crippen LogP contribution in [-0.4, -0.2) is 56.2 Å². The number of carbonyl (C=O) groups excluding carboxylic acids is 1. The van der Waals surface area contributed by atoms with Crippen LogP contribution in [-0.2, 0) is 17.8 Å². The Hall–Kier alpha value is -2.49. The molecule has 0 saturated carbocycles. The summed E-state index contributed by atoms with van der Waals surface area (Å²) < 4.78 is 11.2. The van der Waals surface area contributed by atoms with Crippen molar-refractivity contribution in [2.24, 2.45) is 4.99 Å². The summed E-state index contributed by atoms with van der Waals surface area (Å²) in [5, 5.41) is 6.44. The average molecular weight is 552 g/mol. The predicted octanol–water partition coefficient (Wildman–Crippen LogP) is 3.22. The number of fused-ring (bicyclic) bond motifs is 1. The topological polar surface area (TPSA) is 75.2 Å². The van der Waals surface area contributed by atoms with Gasteiger partial charge in [0.15, 0.2) is 5.96 Å². The molecule has 0 bridgehead atoms. The van der Waals surface area contributed by atoms with Gasteiger partial charge in [-0.3, -0.25) is 4.79 Å². The van der Waals surface area contributed by atoms with E-state index in [1.54, 1.807) is 7.11 Å². The molecule has 3 rings (SSSR count). The maximum atomic E-state index is 12.7. The Bertz CT molecular complexity index is 906. The summed E-state index contributed by atoms with van der Waals surface area (Å²) in [7, 11) is 1.63. The molecule has 32 heavy (non-hydrogen) atoms. The van der Waals surface area contributed by atoms with Gasteiger partial charge in [-0.15, -0.1) is 24.0 Å². The van der Waals surface area contributed by atoms with Crippen molar-refractivity contribution >= 4 is 35.8 Å². The number of ether oxygens (including phenoxy) is 2. The van der Waals surface area contributed by atoms with Crippen LogP contribution >= 0.6 is 24.0 Å². The van der Waals surface area contributed by atoms with Gasteiger partial charge in [0.1, 0.15) is 24.1 Å². The first-order valence-electron chi connectivity index (χ1n) is 10.8. The lowest BCUT2D eigenvalue weighted by atomic mass is 10.00. The minimum absolute atomic E-state index is 0. The van der Waals surface area contributed by atoms with Crippen molar-refractivity contribution in [2.45, 2.75) is 32.9 Å². The van der Waals surface area contributed by atoms with Crippen LogP contribution < -0.4 is 20.1 Å². The number of benzene rings is 2. The number of amides is 1. The summed E-state index contributed by atoms with van der Waals surface area (Å²) in [6.45, 7) is 6.74. The van der Waals surface area contributed by atoms with Crippen molar-refractivity contribution in [2.75, 3.05) is 33.3 Å². The molecule has 2 aromatic carbocycles. The van der Waals surface area contributed by atoms with E-state index in [4.69, 9.17) is 9.47 Å². The van der Waals surface area contributed by atoms with E-state index >= 15 is 0 Å². The van der Waals surface area contributed by atoms with E-state index in [-0.39, 0.29) is 42.5 Å². The summed E-state index contributed by atoms with van der Waals surface area (Å²) in [4.78, 5) is 19.0. The quantitative estimate of drug-likeness (QED) is 0.299. The molecule has 0 radical (unpaired) electrons. The van der Waals surface area contributed by atoms with Gasteiger partial charge in [0.2, 0.25) is 5.91 Å². The van der Waals surface area contributed by atoms with Crippen molar-refractivity contribution in [3.8, 4) is 11.5 Å². The molecular formula is C24H33IN4O3. The zero-order valence-corrected chi connectivity index (χ0v) is 21.3. The number of aliphatic imine (C=N–C) groups is 1. The van der Waals surface area contributed by atoms with Crippen molar-refractivity contribution in [1.82, 2.24) is 15.5 Å². The minimum Gasteiger partial charge on any atom is -0.497 e. The number of guanidine groups is 1. The average Bonchev–Trinajstić information content (AvgIpc) is 2.80. The molecule has 1 heterocycles. The molecule has 1 unspecified atom stereocenters. The molecule has 174 valence electrons. The van der Waals surface area contributed by atoms with Gasteiger partial charge in [0.05, 0.1) is 13.7 Å². The Kier molecular flexibility index (Phi) is 10.6. The molecule has 0 saturated heterocycles. The molecule has 7 nitrogen and oxygen atoms in total. The SMILES string of the molecule is CCNC(=NCC(=O)N1CCc2ccccc2C1)NCC(C)Oc1cccc(OC)c1.I. The zero-order chi connectivity index (χ0) is 22.1. The van der Waals surface area contributed by atoms with Gasteiger partial charge in [-0.2, -0.15) is 0 Å². The fraction of sp³-hybridized carbons (Fsp3) is 0.417. The number of carbonyl (C=O) groups is 1. The van der Waals surface area contributed by atoms with E-state index in [2.05, 4.69) is 27.8 Å². The van der Waals surface area contributed by atoms with Gasteiger partial charge in [-0.05, 0) is 43.5 Å². The van der Waals surface area contributed by atoms with E-state index in [1.807, 2.05) is 55.1 Å². The van der Waals surface area contributed by atoms with E-state index in [0.29, 0.717) is 25.6 Å². The van der Waals surface area contributed by atoms with Crippen LogP contribution in [0, 0.1) is 0 Å². The first kappa shape index (κ1) is 25.8. The summed E-state index contributed by atoms with van der Waals surface area (Å²) in [5.41, 5.74) is 2.55. The van der Waals surface area contributed by atoms with Crippen molar-refractivity contribution in [1.29, 1.82) is 0 Å². The van der Waals surface area contributed by atoms with Crippen LogP contribution in [0.4, 0.5) is 0 Å². The van der Waals surface area contributed by atoms with Gasteiger partial charge in [0.25, 0.3) is 0 Å². The second-order valence-corrected chi connectivity index (χ2v) is 7.52. The van der Waals surface area contributed by atoms with Gasteiger partial charge in [-0.25, -0.2) is 4.99 Å². The highest BCUT2D eigenvalue weighted by molar-refractivity contribution is 14.0. The van der Waals surface area contributed by atoms with Crippen LogP contribution in [0.1, 0.15) is 25.0 Å². The summed E-state index contributed by atoms with van der Waals surface area (Å²) >= 11 is 0. The number of nitrogens with zero attached hydrogens (tertiary/aromatic N) is 2. The molecule has 1 amide bonds. The molecule has 0 spiro atoms. The van der Waals surface area contributed by atoms with Crippen molar-refractivity contribution in [3.05, 3.63) is 59.7 Å². The lowest BCUT2D eigenvalue weighted by Gasteiger charge is -2.28. The monoisotopic (exact) mass is 552 g/mol. The molecule has 2 N–H and O–H groups in total. The fourth-order valence-corrected chi connectivity index (χ4v) is 3.49. The Labute approximate surface area is 207 Å². The fourth-order valence-electron chi connectivity index (χ4n) is 3.49. The largest absolute Gasteiger partial charge is 0.497 e.